The molecule has 27 heavy (non-hydrogen) atoms. The second kappa shape index (κ2) is 7.61. The molecule has 6 nitrogen and oxygen atoms in total. The van der Waals surface area contributed by atoms with Gasteiger partial charge < -0.3 is 9.64 Å². The van der Waals surface area contributed by atoms with Gasteiger partial charge in [-0.25, -0.2) is 4.68 Å². The van der Waals surface area contributed by atoms with Gasteiger partial charge >= 0.3 is 0 Å². The second-order valence-corrected chi connectivity index (χ2v) is 6.63. The highest BCUT2D eigenvalue weighted by Crippen LogP contribution is 2.32. The topological polar surface area (TPSA) is 60.2 Å². The van der Waals surface area contributed by atoms with E-state index in [1.165, 1.54) is 0 Å². The van der Waals surface area contributed by atoms with Crippen molar-refractivity contribution >= 4 is 5.91 Å². The summed E-state index contributed by atoms with van der Waals surface area (Å²) >= 11 is 0. The average molecular weight is 362 g/mol. The highest BCUT2D eigenvalue weighted by atomic mass is 16.5. The van der Waals surface area contributed by atoms with Gasteiger partial charge in [0.15, 0.2) is 0 Å². The molecule has 0 spiro atoms. The molecule has 3 heterocycles. The summed E-state index contributed by atoms with van der Waals surface area (Å²) in [5.41, 5.74) is 2.48. The van der Waals surface area contributed by atoms with Crippen molar-refractivity contribution in [1.82, 2.24) is 19.7 Å². The monoisotopic (exact) mass is 362 g/mol. The lowest BCUT2D eigenvalue weighted by Crippen LogP contribution is -2.38. The van der Waals surface area contributed by atoms with Crippen molar-refractivity contribution in [2.75, 3.05) is 13.7 Å². The third-order valence-corrected chi connectivity index (χ3v) is 5.01. The van der Waals surface area contributed by atoms with E-state index in [1.54, 1.807) is 24.2 Å². The van der Waals surface area contributed by atoms with Crippen LogP contribution in [0.5, 0.6) is 5.75 Å². The molecule has 0 unspecified atom stereocenters. The standard InChI is InChI=1S/C21H22N4O2/c1-27-20-9-8-16(14-19(20)25-13-5-11-23-25)21(26)24-12-3-2-7-18(24)17-6-4-10-22-15-17/h4-6,8-11,13-15,18H,2-3,7,12H2,1H3/t18-/m1/s1. The van der Waals surface area contributed by atoms with Gasteiger partial charge in [0.1, 0.15) is 11.4 Å². The second-order valence-electron chi connectivity index (χ2n) is 6.63. The number of hydrogen-bond donors (Lipinski definition) is 0. The summed E-state index contributed by atoms with van der Waals surface area (Å²) in [7, 11) is 1.62. The first-order valence-corrected chi connectivity index (χ1v) is 9.17. The third kappa shape index (κ3) is 3.43. The van der Waals surface area contributed by atoms with Crippen molar-refractivity contribution < 1.29 is 9.53 Å². The van der Waals surface area contributed by atoms with Gasteiger partial charge in [0.2, 0.25) is 0 Å². The quantitative estimate of drug-likeness (QED) is 0.711. The smallest absolute Gasteiger partial charge is 0.254 e. The van der Waals surface area contributed by atoms with Crippen LogP contribution in [0.4, 0.5) is 0 Å². The number of pyridine rings is 1. The summed E-state index contributed by atoms with van der Waals surface area (Å²) in [6, 6.07) is 11.4. The minimum atomic E-state index is 0.0274. The molecule has 0 bridgehead atoms. The molecule has 0 saturated carbocycles. The van der Waals surface area contributed by atoms with E-state index in [1.807, 2.05) is 53.7 Å². The van der Waals surface area contributed by atoms with E-state index in [9.17, 15) is 4.79 Å². The number of carbonyl (C=O) groups excluding carboxylic acids is 1. The van der Waals surface area contributed by atoms with Gasteiger partial charge in [-0.05, 0) is 55.2 Å². The molecule has 4 rings (SSSR count). The van der Waals surface area contributed by atoms with E-state index >= 15 is 0 Å². The number of nitrogens with zero attached hydrogens (tertiary/aromatic N) is 4. The van der Waals surface area contributed by atoms with Crippen molar-refractivity contribution in [1.29, 1.82) is 0 Å². The van der Waals surface area contributed by atoms with Gasteiger partial charge in [0, 0.05) is 36.9 Å². The SMILES string of the molecule is COc1ccc(C(=O)N2CCCC[C@@H]2c2cccnc2)cc1-n1cccn1. The molecule has 3 aromatic rings. The summed E-state index contributed by atoms with van der Waals surface area (Å²) in [6.45, 7) is 0.752. The van der Waals surface area contributed by atoms with E-state index in [2.05, 4.69) is 10.1 Å². The number of methoxy groups -OCH3 is 1. The number of likely N-dealkylation sites (tertiary alicyclic amines) is 1. The average Bonchev–Trinajstić information content (AvgIpc) is 3.28. The lowest BCUT2D eigenvalue weighted by molar-refractivity contribution is 0.0611. The number of hydrogen-bond acceptors (Lipinski definition) is 4. The zero-order chi connectivity index (χ0) is 18.6. The van der Waals surface area contributed by atoms with Gasteiger partial charge in [0.05, 0.1) is 13.2 Å². The van der Waals surface area contributed by atoms with Crippen LogP contribution in [0.25, 0.3) is 5.69 Å². The number of rotatable bonds is 4. The van der Waals surface area contributed by atoms with Crippen LogP contribution >= 0.6 is 0 Å². The van der Waals surface area contributed by atoms with Crippen LogP contribution in [-0.4, -0.2) is 39.2 Å². The molecule has 1 aliphatic heterocycles. The van der Waals surface area contributed by atoms with Crippen LogP contribution in [0.2, 0.25) is 0 Å². The number of amides is 1. The zero-order valence-corrected chi connectivity index (χ0v) is 15.3. The van der Waals surface area contributed by atoms with Crippen LogP contribution in [-0.2, 0) is 0 Å². The lowest BCUT2D eigenvalue weighted by atomic mass is 9.95. The van der Waals surface area contributed by atoms with E-state index < -0.39 is 0 Å². The van der Waals surface area contributed by atoms with E-state index in [0.717, 1.165) is 37.1 Å². The fraction of sp³-hybridized carbons (Fsp3) is 0.286. The third-order valence-electron chi connectivity index (χ3n) is 5.01. The van der Waals surface area contributed by atoms with Crippen molar-refractivity contribution in [2.24, 2.45) is 0 Å². The number of ether oxygens (including phenoxy) is 1. The summed E-state index contributed by atoms with van der Waals surface area (Å²) in [4.78, 5) is 19.5. The fourth-order valence-electron chi connectivity index (χ4n) is 3.67. The van der Waals surface area contributed by atoms with E-state index in [0.29, 0.717) is 11.3 Å². The highest BCUT2D eigenvalue weighted by molar-refractivity contribution is 5.95. The van der Waals surface area contributed by atoms with Gasteiger partial charge in [-0.3, -0.25) is 9.78 Å². The molecule has 1 saturated heterocycles. The number of piperidine rings is 1. The molecule has 1 aromatic carbocycles. The maximum atomic E-state index is 13.3. The van der Waals surface area contributed by atoms with E-state index in [-0.39, 0.29) is 11.9 Å². The van der Waals surface area contributed by atoms with Crippen LogP contribution in [0.3, 0.4) is 0 Å². The minimum Gasteiger partial charge on any atom is -0.494 e. The maximum absolute atomic E-state index is 13.3. The zero-order valence-electron chi connectivity index (χ0n) is 15.3. The maximum Gasteiger partial charge on any atom is 0.254 e. The Morgan fingerprint density at radius 1 is 1.19 bits per heavy atom. The first kappa shape index (κ1) is 17.3. The molecule has 138 valence electrons. The molecule has 1 aliphatic rings. The molecule has 1 amide bonds. The Kier molecular flexibility index (Phi) is 4.87. The first-order chi connectivity index (χ1) is 13.3. The largest absolute Gasteiger partial charge is 0.494 e. The Hall–Kier alpha value is -3.15. The van der Waals surface area contributed by atoms with Crippen LogP contribution in [0.15, 0.2) is 61.2 Å². The highest BCUT2D eigenvalue weighted by Gasteiger charge is 2.29. The normalized spacial score (nSPS) is 16.9. The number of carbonyl (C=O) groups is 1. The van der Waals surface area contributed by atoms with Crippen molar-refractivity contribution in [3.8, 4) is 11.4 Å². The molecule has 1 fully saturated rings. The van der Waals surface area contributed by atoms with Crippen molar-refractivity contribution in [3.05, 3.63) is 72.3 Å². The number of aromatic nitrogens is 3. The Labute approximate surface area is 158 Å². The number of benzene rings is 1. The lowest BCUT2D eigenvalue weighted by Gasteiger charge is -2.36. The van der Waals surface area contributed by atoms with Gasteiger partial charge in [-0.2, -0.15) is 5.10 Å². The van der Waals surface area contributed by atoms with E-state index in [4.69, 9.17) is 4.74 Å². The Morgan fingerprint density at radius 3 is 2.85 bits per heavy atom. The molecule has 1 atom stereocenters. The molecular formula is C21H22N4O2. The van der Waals surface area contributed by atoms with Crippen LogP contribution in [0, 0.1) is 0 Å². The van der Waals surface area contributed by atoms with Gasteiger partial charge in [-0.15, -0.1) is 0 Å². The molecule has 0 radical (unpaired) electrons. The first-order valence-electron chi connectivity index (χ1n) is 9.17. The summed E-state index contributed by atoms with van der Waals surface area (Å²) in [6.07, 6.45) is 10.3. The van der Waals surface area contributed by atoms with Gasteiger partial charge in [0.25, 0.3) is 5.91 Å². The van der Waals surface area contributed by atoms with Crippen LogP contribution in [0.1, 0.15) is 41.2 Å². The molecule has 0 aliphatic carbocycles. The Bertz CT molecular complexity index is 909. The predicted molar refractivity (Wildman–Crippen MR) is 102 cm³/mol. The summed E-state index contributed by atoms with van der Waals surface area (Å²) < 4.78 is 7.16. The molecular weight excluding hydrogens is 340 g/mol. The molecule has 6 heteroatoms. The Balaban J connectivity index is 1.68. The predicted octanol–water partition coefficient (Wildman–Crippen LogP) is 3.64. The molecule has 0 N–H and O–H groups in total. The van der Waals surface area contributed by atoms with Crippen molar-refractivity contribution in [2.45, 2.75) is 25.3 Å². The van der Waals surface area contributed by atoms with Gasteiger partial charge in [-0.1, -0.05) is 6.07 Å². The fourth-order valence-corrected chi connectivity index (χ4v) is 3.67. The minimum absolute atomic E-state index is 0.0274. The summed E-state index contributed by atoms with van der Waals surface area (Å²) in [5.74, 6) is 0.706. The Morgan fingerprint density at radius 2 is 2.11 bits per heavy atom. The summed E-state index contributed by atoms with van der Waals surface area (Å²) in [5, 5.41) is 4.27. The van der Waals surface area contributed by atoms with Crippen LogP contribution < -0.4 is 4.74 Å². The van der Waals surface area contributed by atoms with Crippen molar-refractivity contribution in [3.63, 3.8) is 0 Å². The molecule has 2 aromatic heterocycles.